The Morgan fingerprint density at radius 3 is 2.90 bits per heavy atom. The fourth-order valence-electron chi connectivity index (χ4n) is 2.62. The molecule has 21 heavy (non-hydrogen) atoms. The first kappa shape index (κ1) is 15.2. The topological polar surface area (TPSA) is 78.9 Å². The zero-order chi connectivity index (χ0) is 15.4. The van der Waals surface area contributed by atoms with Gasteiger partial charge in [-0.3, -0.25) is 4.79 Å². The lowest BCUT2D eigenvalue weighted by atomic mass is 10.1. The second kappa shape index (κ2) is 6.47. The molecule has 114 valence electrons. The molecule has 1 fully saturated rings. The summed E-state index contributed by atoms with van der Waals surface area (Å²) < 4.78 is 5.23. The number of hydrogen-bond acceptors (Lipinski definition) is 3. The van der Waals surface area contributed by atoms with E-state index in [4.69, 9.17) is 9.84 Å². The molecule has 1 heterocycles. The smallest absolute Gasteiger partial charge is 0.322 e. The largest absolute Gasteiger partial charge is 0.495 e. The molecule has 1 atom stereocenters. The SMILES string of the molecule is COc1ccc(C)cc1NC(=O)N1CCCC1CC(=O)O. The van der Waals surface area contributed by atoms with Crippen molar-refractivity contribution in [3.63, 3.8) is 0 Å². The van der Waals surface area contributed by atoms with E-state index in [2.05, 4.69) is 5.32 Å². The van der Waals surface area contributed by atoms with Gasteiger partial charge >= 0.3 is 12.0 Å². The summed E-state index contributed by atoms with van der Waals surface area (Å²) in [6, 6.07) is 5.02. The molecule has 6 heteroatoms. The van der Waals surface area contributed by atoms with E-state index < -0.39 is 5.97 Å². The molecule has 0 saturated carbocycles. The van der Waals surface area contributed by atoms with Crippen LogP contribution in [-0.4, -0.2) is 41.7 Å². The Bertz CT molecular complexity index is 544. The summed E-state index contributed by atoms with van der Waals surface area (Å²) in [5, 5.41) is 11.7. The van der Waals surface area contributed by atoms with Gasteiger partial charge in [-0.05, 0) is 37.5 Å². The number of likely N-dealkylation sites (tertiary alicyclic amines) is 1. The van der Waals surface area contributed by atoms with Crippen molar-refractivity contribution in [1.82, 2.24) is 4.90 Å². The van der Waals surface area contributed by atoms with Crippen molar-refractivity contribution in [2.75, 3.05) is 19.0 Å². The number of nitrogens with zero attached hydrogens (tertiary/aromatic N) is 1. The van der Waals surface area contributed by atoms with Crippen LogP contribution >= 0.6 is 0 Å². The van der Waals surface area contributed by atoms with Gasteiger partial charge in [0.05, 0.1) is 19.2 Å². The van der Waals surface area contributed by atoms with Gasteiger partial charge in [0.1, 0.15) is 5.75 Å². The van der Waals surface area contributed by atoms with Crippen LogP contribution in [0.4, 0.5) is 10.5 Å². The van der Waals surface area contributed by atoms with E-state index in [0.717, 1.165) is 18.4 Å². The van der Waals surface area contributed by atoms with Gasteiger partial charge in [0.25, 0.3) is 0 Å². The third-order valence-electron chi connectivity index (χ3n) is 3.64. The number of ether oxygens (including phenoxy) is 1. The van der Waals surface area contributed by atoms with E-state index in [-0.39, 0.29) is 18.5 Å². The monoisotopic (exact) mass is 292 g/mol. The van der Waals surface area contributed by atoms with Crippen molar-refractivity contribution in [1.29, 1.82) is 0 Å². The van der Waals surface area contributed by atoms with Gasteiger partial charge < -0.3 is 20.1 Å². The molecule has 1 saturated heterocycles. The molecule has 0 aliphatic carbocycles. The molecule has 6 nitrogen and oxygen atoms in total. The quantitative estimate of drug-likeness (QED) is 0.893. The second-order valence-electron chi connectivity index (χ2n) is 5.22. The Balaban J connectivity index is 2.10. The molecule has 1 unspecified atom stereocenters. The first-order valence-corrected chi connectivity index (χ1v) is 6.95. The van der Waals surface area contributed by atoms with Gasteiger partial charge in [-0.25, -0.2) is 4.79 Å². The van der Waals surface area contributed by atoms with Crippen LogP contribution < -0.4 is 10.1 Å². The summed E-state index contributed by atoms with van der Waals surface area (Å²) in [4.78, 5) is 24.8. The summed E-state index contributed by atoms with van der Waals surface area (Å²) in [6.07, 6.45) is 1.54. The third-order valence-corrected chi connectivity index (χ3v) is 3.64. The molecule has 1 aromatic carbocycles. The summed E-state index contributed by atoms with van der Waals surface area (Å²) in [5.41, 5.74) is 1.61. The van der Waals surface area contributed by atoms with Crippen molar-refractivity contribution < 1.29 is 19.4 Å². The lowest BCUT2D eigenvalue weighted by Crippen LogP contribution is -2.39. The first-order chi connectivity index (χ1) is 10.0. The number of rotatable bonds is 4. The van der Waals surface area contributed by atoms with Crippen LogP contribution in [0.3, 0.4) is 0 Å². The fourth-order valence-corrected chi connectivity index (χ4v) is 2.62. The van der Waals surface area contributed by atoms with E-state index in [1.807, 2.05) is 19.1 Å². The van der Waals surface area contributed by atoms with Crippen LogP contribution in [0.25, 0.3) is 0 Å². The van der Waals surface area contributed by atoms with E-state index in [1.165, 1.54) is 0 Å². The number of amides is 2. The lowest BCUT2D eigenvalue weighted by molar-refractivity contribution is -0.137. The standard InChI is InChI=1S/C15H20N2O4/c1-10-5-6-13(21-2)12(8-10)16-15(20)17-7-3-4-11(17)9-14(18)19/h5-6,8,11H,3-4,7,9H2,1-2H3,(H,16,20)(H,18,19). The number of hydrogen-bond donors (Lipinski definition) is 2. The van der Waals surface area contributed by atoms with Crippen molar-refractivity contribution >= 4 is 17.7 Å². The minimum Gasteiger partial charge on any atom is -0.495 e. The number of anilines is 1. The highest BCUT2D eigenvalue weighted by Crippen LogP contribution is 2.27. The summed E-state index contributed by atoms with van der Waals surface area (Å²) in [7, 11) is 1.55. The molecule has 0 spiro atoms. The zero-order valence-electron chi connectivity index (χ0n) is 12.3. The zero-order valence-corrected chi connectivity index (χ0v) is 12.3. The Hall–Kier alpha value is -2.24. The Morgan fingerprint density at radius 2 is 2.24 bits per heavy atom. The van der Waals surface area contributed by atoms with Gasteiger partial charge in [0.15, 0.2) is 0 Å². The number of methoxy groups -OCH3 is 1. The number of benzene rings is 1. The number of carbonyl (C=O) groups is 2. The predicted octanol–water partition coefficient (Wildman–Crippen LogP) is 2.47. The number of nitrogens with one attached hydrogen (secondary N) is 1. The van der Waals surface area contributed by atoms with Crippen LogP contribution in [0.15, 0.2) is 18.2 Å². The number of urea groups is 1. The predicted molar refractivity (Wildman–Crippen MR) is 78.7 cm³/mol. The number of carboxylic acids is 1. The minimum absolute atomic E-state index is 0.0155. The van der Waals surface area contributed by atoms with Crippen LogP contribution in [0, 0.1) is 6.92 Å². The second-order valence-corrected chi connectivity index (χ2v) is 5.22. The Morgan fingerprint density at radius 1 is 1.48 bits per heavy atom. The molecular weight excluding hydrogens is 272 g/mol. The van der Waals surface area contributed by atoms with Gasteiger partial charge in [0, 0.05) is 12.6 Å². The van der Waals surface area contributed by atoms with Gasteiger partial charge in [-0.2, -0.15) is 0 Å². The van der Waals surface area contributed by atoms with E-state index >= 15 is 0 Å². The van der Waals surface area contributed by atoms with Crippen molar-refractivity contribution in [3.8, 4) is 5.75 Å². The number of aliphatic carboxylic acids is 1. The molecule has 2 amide bonds. The lowest BCUT2D eigenvalue weighted by Gasteiger charge is -2.24. The van der Waals surface area contributed by atoms with Crippen molar-refractivity contribution in [2.24, 2.45) is 0 Å². The van der Waals surface area contributed by atoms with Crippen LogP contribution in [0.5, 0.6) is 5.75 Å². The Labute approximate surface area is 123 Å². The molecule has 2 N–H and O–H groups in total. The maximum Gasteiger partial charge on any atom is 0.322 e. The normalized spacial score (nSPS) is 17.6. The highest BCUT2D eigenvalue weighted by atomic mass is 16.5. The molecule has 1 aromatic rings. The molecular formula is C15H20N2O4. The molecule has 1 aliphatic rings. The molecule has 2 rings (SSSR count). The first-order valence-electron chi connectivity index (χ1n) is 6.95. The highest BCUT2D eigenvalue weighted by Gasteiger charge is 2.30. The Kier molecular flexibility index (Phi) is 4.67. The summed E-state index contributed by atoms with van der Waals surface area (Å²) in [5.74, 6) is -0.296. The summed E-state index contributed by atoms with van der Waals surface area (Å²) >= 11 is 0. The van der Waals surface area contributed by atoms with Crippen molar-refractivity contribution in [3.05, 3.63) is 23.8 Å². The fraction of sp³-hybridized carbons (Fsp3) is 0.467. The maximum atomic E-state index is 12.4. The van der Waals surface area contributed by atoms with Gasteiger partial charge in [0.2, 0.25) is 0 Å². The van der Waals surface area contributed by atoms with E-state index in [9.17, 15) is 9.59 Å². The number of aryl methyl sites for hydroxylation is 1. The van der Waals surface area contributed by atoms with Crippen molar-refractivity contribution in [2.45, 2.75) is 32.2 Å². The average molecular weight is 292 g/mol. The van der Waals surface area contributed by atoms with Gasteiger partial charge in [-0.15, -0.1) is 0 Å². The molecule has 1 aliphatic heterocycles. The molecule has 0 bridgehead atoms. The minimum atomic E-state index is -0.882. The highest BCUT2D eigenvalue weighted by molar-refractivity contribution is 5.91. The number of carboxylic acid groups (broad SMARTS) is 1. The van der Waals surface area contributed by atoms with Gasteiger partial charge in [-0.1, -0.05) is 6.07 Å². The van der Waals surface area contributed by atoms with E-state index in [0.29, 0.717) is 18.0 Å². The van der Waals surface area contributed by atoms with Crippen LogP contribution in [-0.2, 0) is 4.79 Å². The average Bonchev–Trinajstić information content (AvgIpc) is 2.86. The number of carbonyl (C=O) groups excluding carboxylic acids is 1. The van der Waals surface area contributed by atoms with Crippen LogP contribution in [0.1, 0.15) is 24.8 Å². The molecule has 0 aromatic heterocycles. The maximum absolute atomic E-state index is 12.4. The molecule has 0 radical (unpaired) electrons. The summed E-state index contributed by atoms with van der Waals surface area (Å²) in [6.45, 7) is 2.51. The van der Waals surface area contributed by atoms with E-state index in [1.54, 1.807) is 18.1 Å². The van der Waals surface area contributed by atoms with Crippen LogP contribution in [0.2, 0.25) is 0 Å². The third kappa shape index (κ3) is 3.65.